The molecule has 3 aromatic heterocycles. The van der Waals surface area contributed by atoms with E-state index < -0.39 is 16.2 Å². The summed E-state index contributed by atoms with van der Waals surface area (Å²) in [5.41, 5.74) is 0.799. The molecule has 2 amide bonds. The number of likely N-dealkylation sites (tertiary alicyclic amines) is 2. The summed E-state index contributed by atoms with van der Waals surface area (Å²) in [5, 5.41) is 11.6. The number of fused-ring (bicyclic) bond motifs is 1. The molecule has 0 spiro atoms. The second kappa shape index (κ2) is 15.2. The van der Waals surface area contributed by atoms with Crippen LogP contribution in [0.5, 0.6) is 5.75 Å². The normalized spacial score (nSPS) is 18.9. The van der Waals surface area contributed by atoms with E-state index in [2.05, 4.69) is 30.5 Å². The van der Waals surface area contributed by atoms with Gasteiger partial charge in [0.25, 0.3) is 0 Å². The highest BCUT2D eigenvalue weighted by atomic mass is 32.2. The Morgan fingerprint density at radius 3 is 2.62 bits per heavy atom. The predicted molar refractivity (Wildman–Crippen MR) is 197 cm³/mol. The number of nitrogens with zero attached hydrogens (tertiary/aromatic N) is 6. The molecule has 16 heteroatoms. The lowest BCUT2D eigenvalue weighted by molar-refractivity contribution is -0.135. The molecule has 272 valence electrons. The molecule has 5 heterocycles. The lowest BCUT2D eigenvalue weighted by Gasteiger charge is -2.36. The van der Waals surface area contributed by atoms with Crippen LogP contribution in [0, 0.1) is 5.82 Å². The zero-order valence-electron chi connectivity index (χ0n) is 28.7. The van der Waals surface area contributed by atoms with Crippen molar-refractivity contribution in [3.63, 3.8) is 0 Å². The maximum atomic E-state index is 16.0. The van der Waals surface area contributed by atoms with E-state index >= 15 is 4.39 Å². The van der Waals surface area contributed by atoms with Crippen molar-refractivity contribution in [1.82, 2.24) is 34.9 Å². The summed E-state index contributed by atoms with van der Waals surface area (Å²) >= 11 is 2.71. The van der Waals surface area contributed by atoms with Crippen LogP contribution in [0.4, 0.5) is 14.5 Å². The quantitative estimate of drug-likeness (QED) is 0.157. The van der Waals surface area contributed by atoms with E-state index in [0.717, 1.165) is 10.9 Å². The van der Waals surface area contributed by atoms with Crippen molar-refractivity contribution in [2.24, 2.45) is 0 Å². The van der Waals surface area contributed by atoms with E-state index in [-0.39, 0.29) is 56.6 Å². The average Bonchev–Trinajstić information content (AvgIpc) is 3.93. The largest absolute Gasteiger partial charge is 0.488 e. The monoisotopic (exact) mass is 748 g/mol. The number of anilines is 1. The van der Waals surface area contributed by atoms with Crippen molar-refractivity contribution in [3.05, 3.63) is 71.9 Å². The Labute approximate surface area is 307 Å². The number of aromatic nitrogens is 5. The van der Waals surface area contributed by atoms with Gasteiger partial charge in [0.2, 0.25) is 11.8 Å². The molecule has 0 aliphatic carbocycles. The number of aromatic amines is 1. The first kappa shape index (κ1) is 35.9. The van der Waals surface area contributed by atoms with Gasteiger partial charge in [0, 0.05) is 81.4 Å². The van der Waals surface area contributed by atoms with Crippen LogP contribution < -0.4 is 10.1 Å². The van der Waals surface area contributed by atoms with Crippen LogP contribution >= 0.6 is 23.1 Å². The number of carbonyl (C=O) groups excluding carboxylic acids is 2. The van der Waals surface area contributed by atoms with Gasteiger partial charge in [-0.1, -0.05) is 0 Å². The Hall–Kier alpha value is -4.51. The molecule has 7 rings (SSSR count). The number of thiazole rings is 1. The number of amides is 2. The summed E-state index contributed by atoms with van der Waals surface area (Å²) in [4.78, 5) is 44.4. The number of nitrogens with one attached hydrogen (secondary N) is 2. The minimum atomic E-state index is -1.62. The smallest absolute Gasteiger partial charge is 0.241 e. The van der Waals surface area contributed by atoms with Crippen LogP contribution in [0.15, 0.2) is 61.1 Å². The van der Waals surface area contributed by atoms with Gasteiger partial charge >= 0.3 is 0 Å². The summed E-state index contributed by atoms with van der Waals surface area (Å²) in [5.74, 6) is -0.119. The molecule has 2 N–H and O–H groups in total. The molecule has 0 saturated carbocycles. The molecule has 2 aliphatic heterocycles. The second-order valence-corrected chi connectivity index (χ2v) is 15.1. The minimum absolute atomic E-state index is 0.0826. The van der Waals surface area contributed by atoms with Crippen molar-refractivity contribution < 1.29 is 27.8 Å². The average molecular weight is 749 g/mol. The Morgan fingerprint density at radius 1 is 1.06 bits per heavy atom. The van der Waals surface area contributed by atoms with Crippen LogP contribution in [0.25, 0.3) is 32.9 Å². The Balaban J connectivity index is 0.955. The fourth-order valence-electron chi connectivity index (χ4n) is 6.62. The topological polar surface area (TPSA) is 138 Å². The van der Waals surface area contributed by atoms with Crippen molar-refractivity contribution in [3.8, 4) is 27.7 Å². The number of methoxy groups -OCH3 is 1. The molecular formula is C36H38F2N8O4S2. The highest BCUT2D eigenvalue weighted by Gasteiger charge is 2.45. The maximum Gasteiger partial charge on any atom is 0.241 e. The number of hydrogen-bond acceptors (Lipinski definition) is 11. The Kier molecular flexibility index (Phi) is 10.5. The zero-order chi connectivity index (χ0) is 36.3. The second-order valence-electron chi connectivity index (χ2n) is 12.9. The molecule has 0 unspecified atom stereocenters. The van der Waals surface area contributed by atoms with Crippen molar-refractivity contribution in [2.45, 2.75) is 29.7 Å². The van der Waals surface area contributed by atoms with E-state index in [4.69, 9.17) is 9.47 Å². The van der Waals surface area contributed by atoms with E-state index in [1.165, 1.54) is 29.2 Å². The number of rotatable bonds is 12. The van der Waals surface area contributed by atoms with Crippen LogP contribution in [-0.4, -0.2) is 111 Å². The summed E-state index contributed by atoms with van der Waals surface area (Å²) < 4.78 is 40.5. The summed E-state index contributed by atoms with van der Waals surface area (Å²) in [6.45, 7) is 2.26. The Morgan fingerprint density at radius 2 is 1.87 bits per heavy atom. The van der Waals surface area contributed by atoms with E-state index in [0.29, 0.717) is 58.8 Å². The van der Waals surface area contributed by atoms with E-state index in [1.807, 2.05) is 23.3 Å². The number of thioether (sulfide) groups is 1. The number of piperidine rings is 1. The number of ether oxygens (including phenoxy) is 2. The van der Waals surface area contributed by atoms with Gasteiger partial charge in [-0.2, -0.15) is 5.10 Å². The summed E-state index contributed by atoms with van der Waals surface area (Å²) in [6, 6.07) is 11.8. The highest BCUT2D eigenvalue weighted by molar-refractivity contribution is 8.00. The lowest BCUT2D eigenvalue weighted by Crippen LogP contribution is -2.48. The van der Waals surface area contributed by atoms with Gasteiger partial charge in [0.05, 0.1) is 23.5 Å². The van der Waals surface area contributed by atoms with Crippen molar-refractivity contribution in [2.75, 3.05) is 64.6 Å². The Bertz CT molecular complexity index is 2060. The fourth-order valence-corrected chi connectivity index (χ4v) is 8.47. The summed E-state index contributed by atoms with van der Waals surface area (Å²) in [7, 11) is 1.55. The predicted octanol–water partition coefficient (Wildman–Crippen LogP) is 5.54. The number of carbonyl (C=O) groups is 2. The number of halogens is 2. The van der Waals surface area contributed by atoms with Crippen molar-refractivity contribution in [1.29, 1.82) is 0 Å². The first-order valence-corrected chi connectivity index (χ1v) is 18.9. The van der Waals surface area contributed by atoms with Gasteiger partial charge < -0.3 is 19.7 Å². The van der Waals surface area contributed by atoms with E-state index in [9.17, 15) is 14.0 Å². The lowest BCUT2D eigenvalue weighted by atomic mass is 9.94. The standard InChI is InChI=1S/C36H38F2N8O4S2/c1-49-16-17-50-28-7-4-23(18-26(28)37)31-25-19-24(5-6-27(25)43-44-31)42-33(48)36(51-2)10-13-45(22-36)21-30(47)46-14-8-35(38,9-15-46)34-41-20-29(52-34)32-39-11-3-12-40-32/h3-7,11-12,18-20H,8-10,13-17,21-22H2,1-2H3,(H,42,48)(H,43,44)/t36-/m0/s1. The van der Waals surface area contributed by atoms with Crippen LogP contribution in [0.1, 0.15) is 24.3 Å². The number of H-pyrrole nitrogens is 1. The molecule has 5 aromatic rings. The van der Waals surface area contributed by atoms with Gasteiger partial charge in [-0.15, -0.1) is 23.1 Å². The van der Waals surface area contributed by atoms with Gasteiger partial charge in [-0.05, 0) is 55.1 Å². The van der Waals surface area contributed by atoms with Gasteiger partial charge in [0.1, 0.15) is 22.1 Å². The molecule has 52 heavy (non-hydrogen) atoms. The molecule has 12 nitrogen and oxygen atoms in total. The van der Waals surface area contributed by atoms with Gasteiger partial charge in [-0.3, -0.25) is 19.6 Å². The third kappa shape index (κ3) is 7.38. The number of alkyl halides is 1. The number of benzene rings is 2. The molecule has 0 radical (unpaired) electrons. The molecule has 2 aliphatic rings. The molecule has 2 aromatic carbocycles. The molecule has 2 saturated heterocycles. The van der Waals surface area contributed by atoms with Crippen molar-refractivity contribution >= 4 is 51.5 Å². The molecule has 2 fully saturated rings. The molecule has 1 atom stereocenters. The fraction of sp³-hybridized carbons (Fsp3) is 0.389. The van der Waals surface area contributed by atoms with Crippen LogP contribution in [-0.2, 0) is 20.0 Å². The molecule has 0 bridgehead atoms. The summed E-state index contributed by atoms with van der Waals surface area (Å²) in [6.07, 6.45) is 7.66. The maximum absolute atomic E-state index is 16.0. The van der Waals surface area contributed by atoms with Gasteiger partial charge in [-0.25, -0.2) is 23.7 Å². The van der Waals surface area contributed by atoms with E-state index in [1.54, 1.807) is 54.9 Å². The van der Waals surface area contributed by atoms with Crippen LogP contribution in [0.3, 0.4) is 0 Å². The highest BCUT2D eigenvalue weighted by Crippen LogP contribution is 2.41. The first-order chi connectivity index (χ1) is 25.2. The van der Waals surface area contributed by atoms with Crippen LogP contribution in [0.2, 0.25) is 0 Å². The third-order valence-electron chi connectivity index (χ3n) is 9.63. The third-order valence-corrected chi connectivity index (χ3v) is 12.1. The minimum Gasteiger partial charge on any atom is -0.488 e. The SMILES string of the molecule is COCCOc1ccc(-c2n[nH]c3ccc(NC(=O)[C@]4(SC)CCN(CC(=O)N5CCC(F)(c6ncc(-c7ncccn7)s6)CC5)C4)cc23)cc1F. The van der Waals surface area contributed by atoms with Gasteiger partial charge in [0.15, 0.2) is 23.1 Å². The molecular weight excluding hydrogens is 711 g/mol. The first-order valence-electron chi connectivity index (χ1n) is 16.9. The zero-order valence-corrected chi connectivity index (χ0v) is 30.4. The number of hydrogen-bond donors (Lipinski definition) is 2.